The van der Waals surface area contributed by atoms with E-state index in [1.54, 1.807) is 24.1 Å². The molecule has 0 bridgehead atoms. The van der Waals surface area contributed by atoms with Gasteiger partial charge in [-0.3, -0.25) is 15.0 Å². The van der Waals surface area contributed by atoms with E-state index in [1.807, 2.05) is 26.0 Å². The number of ether oxygens (including phenoxy) is 1. The number of carbonyl (C=O) groups excluding carboxylic acids is 2. The SMILES string of the molecule is COc1ccc(CN(C)CC(=O)NC(=O)Nc2cccc(C)c2C)cc1F. The summed E-state index contributed by atoms with van der Waals surface area (Å²) in [7, 11) is 3.11. The molecule has 0 aliphatic carbocycles. The summed E-state index contributed by atoms with van der Waals surface area (Å²) in [6, 6.07) is 9.59. The lowest BCUT2D eigenvalue weighted by molar-refractivity contribution is -0.120. The Morgan fingerprint density at radius 3 is 2.59 bits per heavy atom. The number of rotatable bonds is 6. The van der Waals surface area contributed by atoms with Gasteiger partial charge < -0.3 is 10.1 Å². The molecule has 2 rings (SSSR count). The highest BCUT2D eigenvalue weighted by atomic mass is 19.1. The molecular weight excluding hydrogens is 349 g/mol. The van der Waals surface area contributed by atoms with Gasteiger partial charge in [0.1, 0.15) is 0 Å². The Labute approximate surface area is 158 Å². The Hall–Kier alpha value is -2.93. The molecule has 2 aromatic carbocycles. The summed E-state index contributed by atoms with van der Waals surface area (Å²) in [6.07, 6.45) is 0. The minimum atomic E-state index is -0.586. The predicted octanol–water partition coefficient (Wildman–Crippen LogP) is 3.23. The third-order valence-corrected chi connectivity index (χ3v) is 4.19. The lowest BCUT2D eigenvalue weighted by Crippen LogP contribution is -2.40. The highest BCUT2D eigenvalue weighted by Gasteiger charge is 2.13. The van der Waals surface area contributed by atoms with E-state index in [0.717, 1.165) is 11.1 Å². The van der Waals surface area contributed by atoms with Gasteiger partial charge in [-0.1, -0.05) is 18.2 Å². The first kappa shape index (κ1) is 20.4. The minimum Gasteiger partial charge on any atom is -0.494 e. The molecule has 0 radical (unpaired) electrons. The largest absolute Gasteiger partial charge is 0.494 e. The first-order chi connectivity index (χ1) is 12.8. The maximum absolute atomic E-state index is 13.7. The van der Waals surface area contributed by atoms with E-state index < -0.39 is 17.8 Å². The van der Waals surface area contributed by atoms with Gasteiger partial charge in [0.05, 0.1) is 13.7 Å². The average molecular weight is 373 g/mol. The van der Waals surface area contributed by atoms with Crippen LogP contribution in [0.3, 0.4) is 0 Å². The number of hydrogen-bond acceptors (Lipinski definition) is 4. The molecule has 6 nitrogen and oxygen atoms in total. The predicted molar refractivity (Wildman–Crippen MR) is 102 cm³/mol. The summed E-state index contributed by atoms with van der Waals surface area (Å²) in [5.74, 6) is -0.739. The second-order valence-electron chi connectivity index (χ2n) is 6.39. The number of urea groups is 1. The zero-order valence-electron chi connectivity index (χ0n) is 15.9. The maximum atomic E-state index is 13.7. The molecule has 0 aliphatic heterocycles. The molecule has 144 valence electrons. The number of methoxy groups -OCH3 is 1. The molecular formula is C20H24FN3O3. The molecule has 0 aliphatic rings. The highest BCUT2D eigenvalue weighted by molar-refractivity contribution is 6.02. The second kappa shape index (κ2) is 9.14. The number of aryl methyl sites for hydroxylation is 1. The Balaban J connectivity index is 1.86. The fourth-order valence-electron chi connectivity index (χ4n) is 2.63. The van der Waals surface area contributed by atoms with Crippen LogP contribution in [-0.2, 0) is 11.3 Å². The van der Waals surface area contributed by atoms with E-state index >= 15 is 0 Å². The first-order valence-corrected chi connectivity index (χ1v) is 8.48. The number of anilines is 1. The lowest BCUT2D eigenvalue weighted by atomic mass is 10.1. The first-order valence-electron chi connectivity index (χ1n) is 8.48. The van der Waals surface area contributed by atoms with E-state index in [2.05, 4.69) is 10.6 Å². The van der Waals surface area contributed by atoms with Gasteiger partial charge in [-0.05, 0) is 55.8 Å². The van der Waals surface area contributed by atoms with Crippen LogP contribution < -0.4 is 15.4 Å². The third-order valence-electron chi connectivity index (χ3n) is 4.19. The van der Waals surface area contributed by atoms with Crippen LogP contribution in [0, 0.1) is 19.7 Å². The summed E-state index contributed by atoms with van der Waals surface area (Å²) < 4.78 is 18.6. The van der Waals surface area contributed by atoms with E-state index in [4.69, 9.17) is 4.74 Å². The van der Waals surface area contributed by atoms with Crippen LogP contribution in [0.15, 0.2) is 36.4 Å². The van der Waals surface area contributed by atoms with Gasteiger partial charge in [0.25, 0.3) is 0 Å². The van der Waals surface area contributed by atoms with Crippen molar-refractivity contribution in [1.29, 1.82) is 0 Å². The van der Waals surface area contributed by atoms with Crippen LogP contribution in [0.4, 0.5) is 14.9 Å². The molecule has 0 unspecified atom stereocenters. The van der Waals surface area contributed by atoms with Crippen LogP contribution in [0.25, 0.3) is 0 Å². The number of hydrogen-bond donors (Lipinski definition) is 2. The Bertz CT molecular complexity index is 839. The number of carbonyl (C=O) groups is 2. The maximum Gasteiger partial charge on any atom is 0.325 e. The Kier molecular flexibility index (Phi) is 6.90. The Morgan fingerprint density at radius 1 is 1.19 bits per heavy atom. The van der Waals surface area contributed by atoms with Crippen LogP contribution in [-0.4, -0.2) is 37.5 Å². The van der Waals surface area contributed by atoms with Crippen molar-refractivity contribution in [2.45, 2.75) is 20.4 Å². The smallest absolute Gasteiger partial charge is 0.325 e. The zero-order chi connectivity index (χ0) is 20.0. The molecule has 27 heavy (non-hydrogen) atoms. The van der Waals surface area contributed by atoms with Crippen molar-refractivity contribution in [2.75, 3.05) is 26.0 Å². The van der Waals surface area contributed by atoms with Gasteiger partial charge in [0.2, 0.25) is 5.91 Å². The van der Waals surface area contributed by atoms with Crippen molar-refractivity contribution in [3.8, 4) is 5.75 Å². The molecule has 2 N–H and O–H groups in total. The number of benzene rings is 2. The van der Waals surface area contributed by atoms with Crippen molar-refractivity contribution < 1.29 is 18.7 Å². The van der Waals surface area contributed by atoms with Crippen LogP contribution in [0.5, 0.6) is 5.75 Å². The number of halogens is 1. The average Bonchev–Trinajstić information content (AvgIpc) is 2.58. The van der Waals surface area contributed by atoms with Crippen molar-refractivity contribution in [3.63, 3.8) is 0 Å². The third kappa shape index (κ3) is 5.79. The molecule has 3 amide bonds. The van der Waals surface area contributed by atoms with E-state index in [-0.39, 0.29) is 12.3 Å². The standard InChI is InChI=1S/C20H24FN3O3/c1-13-6-5-7-17(14(13)2)22-20(26)23-19(25)12-24(3)11-15-8-9-18(27-4)16(21)10-15/h5-10H,11-12H2,1-4H3,(H2,22,23,25,26). The molecule has 7 heteroatoms. The lowest BCUT2D eigenvalue weighted by Gasteiger charge is -2.17. The number of likely N-dealkylation sites (N-methyl/N-ethyl adjacent to an activating group) is 1. The second-order valence-corrected chi connectivity index (χ2v) is 6.39. The molecule has 0 saturated heterocycles. The van der Waals surface area contributed by atoms with Crippen molar-refractivity contribution in [1.82, 2.24) is 10.2 Å². The van der Waals surface area contributed by atoms with Crippen molar-refractivity contribution >= 4 is 17.6 Å². The monoisotopic (exact) mass is 373 g/mol. The van der Waals surface area contributed by atoms with E-state index in [9.17, 15) is 14.0 Å². The van der Waals surface area contributed by atoms with Crippen molar-refractivity contribution in [3.05, 3.63) is 58.9 Å². The van der Waals surface area contributed by atoms with Gasteiger partial charge in [-0.25, -0.2) is 9.18 Å². The minimum absolute atomic E-state index is 0.00608. The van der Waals surface area contributed by atoms with Gasteiger partial charge in [0, 0.05) is 12.2 Å². The molecule has 0 atom stereocenters. The van der Waals surface area contributed by atoms with Gasteiger partial charge >= 0.3 is 6.03 Å². The van der Waals surface area contributed by atoms with E-state index in [0.29, 0.717) is 17.8 Å². The van der Waals surface area contributed by atoms with Gasteiger partial charge in [-0.2, -0.15) is 0 Å². The summed E-state index contributed by atoms with van der Waals surface area (Å²) in [5.41, 5.74) is 3.34. The number of imide groups is 1. The summed E-state index contributed by atoms with van der Waals surface area (Å²) in [6.45, 7) is 4.19. The normalized spacial score (nSPS) is 10.6. The van der Waals surface area contributed by atoms with E-state index in [1.165, 1.54) is 19.2 Å². The Morgan fingerprint density at radius 2 is 1.93 bits per heavy atom. The van der Waals surface area contributed by atoms with Gasteiger partial charge in [-0.15, -0.1) is 0 Å². The fraction of sp³-hybridized carbons (Fsp3) is 0.300. The molecule has 0 saturated carbocycles. The van der Waals surface area contributed by atoms with Crippen molar-refractivity contribution in [2.24, 2.45) is 0 Å². The zero-order valence-corrected chi connectivity index (χ0v) is 15.9. The van der Waals surface area contributed by atoms with Gasteiger partial charge in [0.15, 0.2) is 11.6 Å². The highest BCUT2D eigenvalue weighted by Crippen LogP contribution is 2.19. The molecule has 2 aromatic rings. The molecule has 0 spiro atoms. The molecule has 0 aromatic heterocycles. The summed E-state index contributed by atoms with van der Waals surface area (Å²) in [4.78, 5) is 25.8. The fourth-order valence-corrected chi connectivity index (χ4v) is 2.63. The van der Waals surface area contributed by atoms with Crippen LogP contribution in [0.1, 0.15) is 16.7 Å². The molecule has 0 heterocycles. The number of nitrogens with zero attached hydrogens (tertiary/aromatic N) is 1. The number of amides is 3. The number of nitrogens with one attached hydrogen (secondary N) is 2. The quantitative estimate of drug-likeness (QED) is 0.816. The topological polar surface area (TPSA) is 70.7 Å². The summed E-state index contributed by atoms with van der Waals surface area (Å²) in [5, 5.41) is 4.97. The van der Waals surface area contributed by atoms with Crippen LogP contribution >= 0.6 is 0 Å². The summed E-state index contributed by atoms with van der Waals surface area (Å²) >= 11 is 0. The van der Waals surface area contributed by atoms with Crippen LogP contribution in [0.2, 0.25) is 0 Å². The molecule has 0 fully saturated rings.